The van der Waals surface area contributed by atoms with Gasteiger partial charge >= 0.3 is 5.97 Å². The quantitative estimate of drug-likeness (QED) is 0.429. The molecule has 0 atom stereocenters. The molecule has 0 unspecified atom stereocenters. The SMILES string of the molecule is O=C(CCCc1ccc2cccnc2n1)NCc1ccc(-c2cccc(C(=O)O)c2)cc1. The van der Waals surface area contributed by atoms with Crippen molar-refractivity contribution in [1.82, 2.24) is 15.3 Å². The van der Waals surface area contributed by atoms with Crippen LogP contribution in [0.25, 0.3) is 22.2 Å². The summed E-state index contributed by atoms with van der Waals surface area (Å²) in [4.78, 5) is 32.2. The molecule has 0 saturated heterocycles. The van der Waals surface area contributed by atoms with Gasteiger partial charge in [0.2, 0.25) is 5.91 Å². The maximum absolute atomic E-state index is 12.2. The van der Waals surface area contributed by atoms with Crippen LogP contribution in [0, 0.1) is 0 Å². The molecule has 0 bridgehead atoms. The van der Waals surface area contributed by atoms with Crippen molar-refractivity contribution in [2.24, 2.45) is 0 Å². The van der Waals surface area contributed by atoms with Gasteiger partial charge < -0.3 is 10.4 Å². The molecule has 2 aromatic heterocycles. The summed E-state index contributed by atoms with van der Waals surface area (Å²) >= 11 is 0. The third kappa shape index (κ3) is 5.35. The van der Waals surface area contributed by atoms with Crippen LogP contribution >= 0.6 is 0 Å². The second kappa shape index (κ2) is 9.83. The Morgan fingerprint density at radius 2 is 1.75 bits per heavy atom. The summed E-state index contributed by atoms with van der Waals surface area (Å²) in [7, 11) is 0. The number of carboxylic acids is 1. The van der Waals surface area contributed by atoms with E-state index in [1.807, 2.05) is 54.6 Å². The Hall–Kier alpha value is -4.06. The van der Waals surface area contributed by atoms with Crippen molar-refractivity contribution in [3.05, 3.63) is 95.8 Å². The number of nitrogens with one attached hydrogen (secondary N) is 1. The molecule has 6 heteroatoms. The second-order valence-electron chi connectivity index (χ2n) is 7.57. The summed E-state index contributed by atoms with van der Waals surface area (Å²) in [6.45, 7) is 0.451. The van der Waals surface area contributed by atoms with Gasteiger partial charge in [-0.05, 0) is 65.9 Å². The lowest BCUT2D eigenvalue weighted by atomic mass is 10.0. The Morgan fingerprint density at radius 1 is 0.906 bits per heavy atom. The monoisotopic (exact) mass is 425 g/mol. The molecular formula is C26H23N3O3. The Bertz CT molecular complexity index is 1250. The first kappa shape index (κ1) is 21.2. The van der Waals surface area contributed by atoms with Crippen LogP contribution in [-0.2, 0) is 17.8 Å². The number of pyridine rings is 2. The number of fused-ring (bicyclic) bond motifs is 1. The van der Waals surface area contributed by atoms with Crippen molar-refractivity contribution < 1.29 is 14.7 Å². The minimum atomic E-state index is -0.945. The van der Waals surface area contributed by atoms with Gasteiger partial charge in [-0.2, -0.15) is 0 Å². The highest BCUT2D eigenvalue weighted by molar-refractivity contribution is 5.89. The first-order valence-corrected chi connectivity index (χ1v) is 10.5. The third-order valence-electron chi connectivity index (χ3n) is 5.24. The van der Waals surface area contributed by atoms with Crippen LogP contribution in [0.5, 0.6) is 0 Å². The molecule has 2 aromatic carbocycles. The van der Waals surface area contributed by atoms with E-state index >= 15 is 0 Å². The van der Waals surface area contributed by atoms with Gasteiger partial charge in [-0.25, -0.2) is 14.8 Å². The molecule has 0 aliphatic heterocycles. The van der Waals surface area contributed by atoms with Crippen molar-refractivity contribution in [2.45, 2.75) is 25.8 Å². The van der Waals surface area contributed by atoms with Crippen LogP contribution in [0.15, 0.2) is 79.0 Å². The molecule has 32 heavy (non-hydrogen) atoms. The van der Waals surface area contributed by atoms with Crippen molar-refractivity contribution >= 4 is 22.9 Å². The highest BCUT2D eigenvalue weighted by Gasteiger charge is 2.06. The van der Waals surface area contributed by atoms with Crippen molar-refractivity contribution in [1.29, 1.82) is 0 Å². The predicted molar refractivity (Wildman–Crippen MR) is 123 cm³/mol. The number of amides is 1. The summed E-state index contributed by atoms with van der Waals surface area (Å²) in [5, 5.41) is 13.1. The van der Waals surface area contributed by atoms with E-state index in [1.54, 1.807) is 24.4 Å². The van der Waals surface area contributed by atoms with E-state index in [-0.39, 0.29) is 11.5 Å². The van der Waals surface area contributed by atoms with E-state index in [1.165, 1.54) is 0 Å². The van der Waals surface area contributed by atoms with Crippen LogP contribution in [0.2, 0.25) is 0 Å². The van der Waals surface area contributed by atoms with E-state index in [9.17, 15) is 9.59 Å². The summed E-state index contributed by atoms with van der Waals surface area (Å²) in [5.74, 6) is -0.943. The van der Waals surface area contributed by atoms with Crippen LogP contribution in [0.4, 0.5) is 0 Å². The molecule has 0 spiro atoms. The van der Waals surface area contributed by atoms with E-state index in [2.05, 4.69) is 15.3 Å². The molecule has 0 radical (unpaired) electrons. The number of aryl methyl sites for hydroxylation is 1. The van der Waals surface area contributed by atoms with Gasteiger partial charge in [0.1, 0.15) is 0 Å². The molecule has 1 amide bonds. The average Bonchev–Trinajstić information content (AvgIpc) is 2.83. The number of rotatable bonds is 8. The molecule has 0 aliphatic carbocycles. The van der Waals surface area contributed by atoms with Gasteiger partial charge in [0.25, 0.3) is 0 Å². The summed E-state index contributed by atoms with van der Waals surface area (Å²) in [6, 6.07) is 22.4. The number of carbonyl (C=O) groups is 2. The largest absolute Gasteiger partial charge is 0.478 e. The van der Waals surface area contributed by atoms with E-state index in [0.717, 1.165) is 46.3 Å². The molecule has 2 heterocycles. The molecule has 160 valence electrons. The Labute approximate surface area is 186 Å². The molecule has 0 aliphatic rings. The highest BCUT2D eigenvalue weighted by atomic mass is 16.4. The lowest BCUT2D eigenvalue weighted by Crippen LogP contribution is -2.22. The number of benzene rings is 2. The Kier molecular flexibility index (Phi) is 6.51. The van der Waals surface area contributed by atoms with Crippen molar-refractivity contribution in [3.8, 4) is 11.1 Å². The average molecular weight is 425 g/mol. The van der Waals surface area contributed by atoms with Gasteiger partial charge in [-0.15, -0.1) is 0 Å². The van der Waals surface area contributed by atoms with E-state index in [0.29, 0.717) is 13.0 Å². The Balaban J connectivity index is 1.25. The number of carbonyl (C=O) groups excluding carboxylic acids is 1. The maximum atomic E-state index is 12.2. The van der Waals surface area contributed by atoms with Gasteiger partial charge in [-0.1, -0.05) is 36.4 Å². The number of aromatic nitrogens is 2. The smallest absolute Gasteiger partial charge is 0.335 e. The second-order valence-corrected chi connectivity index (χ2v) is 7.57. The number of carboxylic acid groups (broad SMARTS) is 1. The topological polar surface area (TPSA) is 92.2 Å². The summed E-state index contributed by atoms with van der Waals surface area (Å²) < 4.78 is 0. The molecule has 4 aromatic rings. The minimum absolute atomic E-state index is 0.00199. The maximum Gasteiger partial charge on any atom is 0.335 e. The van der Waals surface area contributed by atoms with Crippen LogP contribution in [0.1, 0.15) is 34.5 Å². The number of hydrogen-bond acceptors (Lipinski definition) is 4. The van der Waals surface area contributed by atoms with E-state index < -0.39 is 5.97 Å². The predicted octanol–water partition coefficient (Wildman–Crippen LogP) is 4.63. The normalized spacial score (nSPS) is 10.8. The molecule has 2 N–H and O–H groups in total. The minimum Gasteiger partial charge on any atom is -0.478 e. The zero-order valence-electron chi connectivity index (χ0n) is 17.5. The first-order chi connectivity index (χ1) is 15.6. The molecule has 0 saturated carbocycles. The fraction of sp³-hybridized carbons (Fsp3) is 0.154. The zero-order chi connectivity index (χ0) is 22.3. The van der Waals surface area contributed by atoms with E-state index in [4.69, 9.17) is 5.11 Å². The first-order valence-electron chi connectivity index (χ1n) is 10.5. The van der Waals surface area contributed by atoms with Crippen LogP contribution < -0.4 is 5.32 Å². The summed E-state index contributed by atoms with van der Waals surface area (Å²) in [5.41, 5.74) is 4.69. The Morgan fingerprint density at radius 3 is 2.56 bits per heavy atom. The summed E-state index contributed by atoms with van der Waals surface area (Å²) in [6.07, 6.45) is 3.61. The zero-order valence-corrected chi connectivity index (χ0v) is 17.5. The van der Waals surface area contributed by atoms with Crippen LogP contribution in [-0.4, -0.2) is 27.0 Å². The number of hydrogen-bond donors (Lipinski definition) is 2. The highest BCUT2D eigenvalue weighted by Crippen LogP contribution is 2.21. The standard InChI is InChI=1S/C26H23N3O3/c30-24(8-2-7-23-14-13-20-6-3-15-27-25(20)29-23)28-17-18-9-11-19(12-10-18)21-4-1-5-22(16-21)26(31)32/h1,3-6,9-16H,2,7-8,17H2,(H,28,30)(H,31,32). The van der Waals surface area contributed by atoms with Crippen LogP contribution in [0.3, 0.4) is 0 Å². The number of nitrogens with zero attached hydrogens (tertiary/aromatic N) is 2. The fourth-order valence-electron chi connectivity index (χ4n) is 3.50. The van der Waals surface area contributed by atoms with Gasteiger partial charge in [-0.3, -0.25) is 4.79 Å². The molecule has 0 fully saturated rings. The molecule has 6 nitrogen and oxygen atoms in total. The van der Waals surface area contributed by atoms with Crippen molar-refractivity contribution in [2.75, 3.05) is 0 Å². The third-order valence-corrected chi connectivity index (χ3v) is 5.24. The molecule has 4 rings (SSSR count). The van der Waals surface area contributed by atoms with Gasteiger partial charge in [0, 0.05) is 30.2 Å². The fourth-order valence-corrected chi connectivity index (χ4v) is 3.50. The van der Waals surface area contributed by atoms with Gasteiger partial charge in [0.05, 0.1) is 5.56 Å². The molecular weight excluding hydrogens is 402 g/mol. The number of aromatic carboxylic acids is 1. The lowest BCUT2D eigenvalue weighted by Gasteiger charge is -2.08. The van der Waals surface area contributed by atoms with Gasteiger partial charge in [0.15, 0.2) is 5.65 Å². The van der Waals surface area contributed by atoms with Crippen molar-refractivity contribution in [3.63, 3.8) is 0 Å². The lowest BCUT2D eigenvalue weighted by molar-refractivity contribution is -0.121.